The van der Waals surface area contributed by atoms with Crippen molar-refractivity contribution in [1.29, 1.82) is 0 Å². The van der Waals surface area contributed by atoms with Crippen LogP contribution in [0.3, 0.4) is 0 Å². The number of carbonyl (C=O) groups is 1. The second kappa shape index (κ2) is 6.68. The summed E-state index contributed by atoms with van der Waals surface area (Å²) in [5.74, 6) is -1.10. The van der Waals surface area contributed by atoms with Crippen LogP contribution in [0.4, 0.5) is 0 Å². The second-order valence-corrected chi connectivity index (χ2v) is 7.67. The molecule has 0 aromatic heterocycles. The molecule has 0 amide bonds. The van der Waals surface area contributed by atoms with Crippen LogP contribution in [-0.4, -0.2) is 24.0 Å². The Labute approximate surface area is 153 Å². The van der Waals surface area contributed by atoms with Gasteiger partial charge in [0.25, 0.3) is 10.1 Å². The molecule has 0 atom stereocenters. The van der Waals surface area contributed by atoms with Crippen LogP contribution < -0.4 is 4.74 Å². The number of aromatic hydroxyl groups is 1. The molecule has 6 nitrogen and oxygen atoms in total. The average molecular weight is 546 g/mol. The topological polar surface area (TPSA) is 101 Å². The van der Waals surface area contributed by atoms with Crippen molar-refractivity contribution in [3.05, 3.63) is 49.1 Å². The lowest BCUT2D eigenvalue weighted by atomic mass is 10.2. The number of phenols is 1. The Morgan fingerprint density at radius 2 is 1.73 bits per heavy atom. The third kappa shape index (κ3) is 3.70. The molecule has 0 bridgehead atoms. The molecule has 0 radical (unpaired) electrons. The van der Waals surface area contributed by atoms with Crippen LogP contribution in [0.15, 0.2) is 41.3 Å². The van der Waals surface area contributed by atoms with Crippen molar-refractivity contribution in [1.82, 2.24) is 0 Å². The Balaban J connectivity index is 2.47. The number of phenolic OH excluding ortho intramolecular Hbond substituents is 1. The minimum Gasteiger partial charge on any atom is -0.506 e. The van der Waals surface area contributed by atoms with Crippen molar-refractivity contribution in [2.45, 2.75) is 4.90 Å². The van der Waals surface area contributed by atoms with Crippen molar-refractivity contribution in [2.24, 2.45) is 0 Å². The van der Waals surface area contributed by atoms with E-state index in [2.05, 4.69) is 0 Å². The third-order valence-electron chi connectivity index (χ3n) is 2.58. The molecule has 0 saturated carbocycles. The zero-order valence-electron chi connectivity index (χ0n) is 10.7. The number of hydrogen-bond acceptors (Lipinski definition) is 5. The van der Waals surface area contributed by atoms with E-state index < -0.39 is 26.7 Å². The van der Waals surface area contributed by atoms with E-state index in [4.69, 9.17) is 4.74 Å². The van der Waals surface area contributed by atoms with Gasteiger partial charge in [-0.3, -0.25) is 4.55 Å². The van der Waals surface area contributed by atoms with Crippen LogP contribution >= 0.6 is 45.2 Å². The number of hydrogen-bond donors (Lipinski definition) is 2. The molecule has 0 spiro atoms. The number of para-hydroxylation sites is 1. The van der Waals surface area contributed by atoms with E-state index in [1.54, 1.807) is 75.5 Å². The fraction of sp³-hybridized carbons (Fsp3) is 0. The molecular weight excluding hydrogens is 538 g/mol. The van der Waals surface area contributed by atoms with Crippen molar-refractivity contribution < 1.29 is 27.6 Å². The van der Waals surface area contributed by atoms with Crippen molar-refractivity contribution >= 4 is 61.3 Å². The van der Waals surface area contributed by atoms with Crippen LogP contribution in [0, 0.1) is 7.14 Å². The molecule has 116 valence electrons. The van der Waals surface area contributed by atoms with E-state index in [9.17, 15) is 22.9 Å². The maximum Gasteiger partial charge on any atom is 0.347 e. The Kier molecular flexibility index (Phi) is 5.29. The molecule has 0 heterocycles. The molecule has 0 aliphatic rings. The summed E-state index contributed by atoms with van der Waals surface area (Å²) in [7, 11) is -4.52. The van der Waals surface area contributed by atoms with Gasteiger partial charge in [-0.1, -0.05) is 18.2 Å². The van der Waals surface area contributed by atoms with Crippen LogP contribution in [-0.2, 0) is 10.1 Å². The van der Waals surface area contributed by atoms with Gasteiger partial charge in [-0.2, -0.15) is 8.42 Å². The SMILES string of the molecule is O=C(Oc1ccccc1)c1cc(I)c(S(=O)(=O)O)c(I)c1O. The van der Waals surface area contributed by atoms with Crippen molar-refractivity contribution in [3.63, 3.8) is 0 Å². The molecule has 0 unspecified atom stereocenters. The minimum atomic E-state index is -4.52. The first-order chi connectivity index (χ1) is 10.2. The van der Waals surface area contributed by atoms with Gasteiger partial charge in [-0.05, 0) is 63.4 Å². The van der Waals surface area contributed by atoms with E-state index in [1.165, 1.54) is 0 Å². The molecule has 0 fully saturated rings. The van der Waals surface area contributed by atoms with Gasteiger partial charge < -0.3 is 9.84 Å². The fourth-order valence-electron chi connectivity index (χ4n) is 1.63. The second-order valence-electron chi connectivity index (χ2n) is 4.08. The quantitative estimate of drug-likeness (QED) is 0.266. The molecule has 2 rings (SSSR count). The van der Waals surface area contributed by atoms with E-state index in [1.807, 2.05) is 0 Å². The minimum absolute atomic E-state index is 0.0994. The number of rotatable bonds is 3. The van der Waals surface area contributed by atoms with Crippen molar-refractivity contribution in [3.8, 4) is 11.5 Å². The van der Waals surface area contributed by atoms with Gasteiger partial charge in [0.05, 0.1) is 3.57 Å². The molecule has 2 aromatic carbocycles. The lowest BCUT2D eigenvalue weighted by Gasteiger charge is -2.11. The first-order valence-corrected chi connectivity index (χ1v) is 9.27. The van der Waals surface area contributed by atoms with Crippen LogP contribution in [0.25, 0.3) is 0 Å². The van der Waals surface area contributed by atoms with Crippen LogP contribution in [0.5, 0.6) is 11.5 Å². The first kappa shape index (κ1) is 17.4. The highest BCUT2D eigenvalue weighted by Crippen LogP contribution is 2.34. The van der Waals surface area contributed by atoms with Gasteiger partial charge in [-0.25, -0.2) is 4.79 Å². The Hall–Kier alpha value is -0.920. The Morgan fingerprint density at radius 3 is 2.27 bits per heavy atom. The maximum atomic E-state index is 12.1. The van der Waals surface area contributed by atoms with Gasteiger partial charge in [0.1, 0.15) is 22.0 Å². The highest BCUT2D eigenvalue weighted by molar-refractivity contribution is 14.1. The van der Waals surface area contributed by atoms with E-state index in [0.29, 0.717) is 0 Å². The normalized spacial score (nSPS) is 11.2. The average Bonchev–Trinajstić information content (AvgIpc) is 2.42. The molecule has 2 N–H and O–H groups in total. The first-order valence-electron chi connectivity index (χ1n) is 5.67. The standard InChI is InChI=1S/C13H8I2O6S/c14-9-6-8(11(16)10(15)12(9)22(18,19)20)13(17)21-7-4-2-1-3-5-7/h1-6,16H,(H,18,19,20). The summed E-state index contributed by atoms with van der Waals surface area (Å²) >= 11 is 3.20. The van der Waals surface area contributed by atoms with Gasteiger partial charge in [0.2, 0.25) is 0 Å². The number of halogens is 2. The van der Waals surface area contributed by atoms with Gasteiger partial charge in [-0.15, -0.1) is 0 Å². The lowest BCUT2D eigenvalue weighted by Crippen LogP contribution is -2.12. The Bertz CT molecular complexity index is 833. The van der Waals surface area contributed by atoms with Crippen LogP contribution in [0.1, 0.15) is 10.4 Å². The summed E-state index contributed by atoms with van der Waals surface area (Å²) < 4.78 is 36.9. The molecule has 0 saturated heterocycles. The number of benzene rings is 2. The molecule has 9 heteroatoms. The molecule has 0 aliphatic carbocycles. The zero-order chi connectivity index (χ0) is 16.5. The highest BCUT2D eigenvalue weighted by Gasteiger charge is 2.26. The van der Waals surface area contributed by atoms with E-state index in [0.717, 1.165) is 6.07 Å². The summed E-state index contributed by atoms with van der Waals surface area (Å²) in [6, 6.07) is 9.39. The molecule has 22 heavy (non-hydrogen) atoms. The van der Waals surface area contributed by atoms with E-state index in [-0.39, 0.29) is 18.5 Å². The summed E-state index contributed by atoms with van der Waals surface area (Å²) in [5, 5.41) is 10.0. The Morgan fingerprint density at radius 1 is 1.14 bits per heavy atom. The molecular formula is C13H8I2O6S. The lowest BCUT2D eigenvalue weighted by molar-refractivity contribution is 0.0731. The number of esters is 1. The predicted octanol–water partition coefficient (Wildman–Crippen LogP) is 3.07. The fourth-order valence-corrected chi connectivity index (χ4v) is 5.61. The summed E-state index contributed by atoms with van der Waals surface area (Å²) in [5.41, 5.74) is -0.190. The number of carbonyl (C=O) groups excluding carboxylic acids is 1. The third-order valence-corrected chi connectivity index (χ3v) is 6.15. The van der Waals surface area contributed by atoms with Crippen LogP contribution in [0.2, 0.25) is 0 Å². The molecule has 0 aliphatic heterocycles. The molecule has 2 aromatic rings. The van der Waals surface area contributed by atoms with Gasteiger partial charge in [0.15, 0.2) is 0 Å². The monoisotopic (exact) mass is 546 g/mol. The zero-order valence-corrected chi connectivity index (χ0v) is 15.8. The van der Waals surface area contributed by atoms with E-state index >= 15 is 0 Å². The van der Waals surface area contributed by atoms with Gasteiger partial charge >= 0.3 is 5.97 Å². The maximum absolute atomic E-state index is 12.1. The summed E-state index contributed by atoms with van der Waals surface area (Å²) in [6.45, 7) is 0. The van der Waals surface area contributed by atoms with Gasteiger partial charge in [0, 0.05) is 3.57 Å². The summed E-state index contributed by atoms with van der Waals surface area (Å²) in [6.07, 6.45) is 0. The largest absolute Gasteiger partial charge is 0.506 e. The number of ether oxygens (including phenoxy) is 1. The highest BCUT2D eigenvalue weighted by atomic mass is 127. The smallest absolute Gasteiger partial charge is 0.347 e. The van der Waals surface area contributed by atoms with Crippen molar-refractivity contribution in [2.75, 3.05) is 0 Å². The summed E-state index contributed by atoms with van der Waals surface area (Å²) in [4.78, 5) is 11.7. The predicted molar refractivity (Wildman–Crippen MR) is 94.8 cm³/mol.